The van der Waals surface area contributed by atoms with Gasteiger partial charge in [-0.1, -0.05) is 24.8 Å². The number of nitrogens with zero attached hydrogens (tertiary/aromatic N) is 2. The topological polar surface area (TPSA) is 54.9 Å². The van der Waals surface area contributed by atoms with Gasteiger partial charge in [0.2, 0.25) is 0 Å². The van der Waals surface area contributed by atoms with Crippen molar-refractivity contribution in [3.63, 3.8) is 0 Å². The lowest BCUT2D eigenvalue weighted by molar-refractivity contribution is 0.0949. The fraction of sp³-hybridized carbons (Fsp3) is 0.750. The van der Waals surface area contributed by atoms with Gasteiger partial charge in [0.1, 0.15) is 4.88 Å². The molecule has 4 nitrogen and oxygen atoms in total. The first-order chi connectivity index (χ1) is 8.72. The second-order valence-corrected chi connectivity index (χ2v) is 5.38. The van der Waals surface area contributed by atoms with Crippen molar-refractivity contribution in [1.29, 1.82) is 0 Å². The summed E-state index contributed by atoms with van der Waals surface area (Å²) in [5, 5.41) is 6.90. The van der Waals surface area contributed by atoms with Crippen molar-refractivity contribution >= 4 is 29.0 Å². The molecule has 1 aromatic rings. The van der Waals surface area contributed by atoms with E-state index in [1.165, 1.54) is 0 Å². The number of hydrogen-bond donors (Lipinski definition) is 1. The summed E-state index contributed by atoms with van der Waals surface area (Å²) in [5.41, 5.74) is 0.780. The van der Waals surface area contributed by atoms with Crippen molar-refractivity contribution in [1.82, 2.24) is 14.9 Å². The Kier molecular flexibility index (Phi) is 7.20. The molecule has 0 spiro atoms. The van der Waals surface area contributed by atoms with E-state index in [9.17, 15) is 4.79 Å². The van der Waals surface area contributed by atoms with Gasteiger partial charge in [0.05, 0.1) is 5.69 Å². The van der Waals surface area contributed by atoms with Crippen molar-refractivity contribution in [2.24, 2.45) is 5.92 Å². The number of alkyl halides is 1. The van der Waals surface area contributed by atoms with Crippen molar-refractivity contribution in [3.8, 4) is 0 Å². The van der Waals surface area contributed by atoms with Crippen molar-refractivity contribution in [3.05, 3.63) is 10.6 Å². The molecule has 1 unspecified atom stereocenters. The Morgan fingerprint density at radius 1 is 1.44 bits per heavy atom. The highest BCUT2D eigenvalue weighted by atomic mass is 35.5. The smallest absolute Gasteiger partial charge is 0.264 e. The van der Waals surface area contributed by atoms with Gasteiger partial charge in [-0.15, -0.1) is 16.7 Å². The molecule has 1 N–H and O–H groups in total. The molecule has 0 saturated heterocycles. The molecular weight excluding hydrogens is 270 g/mol. The highest BCUT2D eigenvalue weighted by Gasteiger charge is 2.16. The number of aryl methyl sites for hydroxylation is 1. The number of nitrogens with one attached hydrogen (secondary N) is 1. The Labute approximate surface area is 117 Å². The van der Waals surface area contributed by atoms with Gasteiger partial charge in [-0.2, -0.15) is 0 Å². The molecule has 1 amide bonds. The zero-order valence-corrected chi connectivity index (χ0v) is 12.5. The largest absolute Gasteiger partial charge is 0.351 e. The number of amides is 1. The number of carbonyl (C=O) groups excluding carboxylic acids is 1. The van der Waals surface area contributed by atoms with Crippen molar-refractivity contribution < 1.29 is 4.79 Å². The molecule has 0 bridgehead atoms. The van der Waals surface area contributed by atoms with E-state index >= 15 is 0 Å². The second-order valence-electron chi connectivity index (χ2n) is 4.24. The van der Waals surface area contributed by atoms with E-state index in [1.54, 1.807) is 0 Å². The summed E-state index contributed by atoms with van der Waals surface area (Å²) in [6.07, 6.45) is 3.88. The maximum Gasteiger partial charge on any atom is 0.264 e. The van der Waals surface area contributed by atoms with Crippen LogP contribution in [0, 0.1) is 5.92 Å². The van der Waals surface area contributed by atoms with Crippen LogP contribution in [0.2, 0.25) is 0 Å². The van der Waals surface area contributed by atoms with E-state index in [1.807, 2.05) is 6.92 Å². The number of carbonyl (C=O) groups is 1. The first-order valence-corrected chi connectivity index (χ1v) is 7.69. The SMILES string of the molecule is CCCC(CCCl)CNC(=O)c1snnc1CC. The lowest BCUT2D eigenvalue weighted by Crippen LogP contribution is -2.29. The Hall–Kier alpha value is -0.680. The lowest BCUT2D eigenvalue weighted by atomic mass is 10.0. The fourth-order valence-electron chi connectivity index (χ4n) is 1.84. The molecule has 6 heteroatoms. The molecule has 0 aromatic carbocycles. The summed E-state index contributed by atoms with van der Waals surface area (Å²) < 4.78 is 3.82. The standard InChI is InChI=1S/C12H20ClN3OS/c1-3-5-9(6-7-13)8-14-12(17)11-10(4-2)15-16-18-11/h9H,3-8H2,1-2H3,(H,14,17). The maximum absolute atomic E-state index is 12.0. The Balaban J connectivity index is 2.49. The monoisotopic (exact) mass is 289 g/mol. The lowest BCUT2D eigenvalue weighted by Gasteiger charge is -2.15. The highest BCUT2D eigenvalue weighted by Crippen LogP contribution is 2.13. The van der Waals surface area contributed by atoms with Crippen molar-refractivity contribution in [2.45, 2.75) is 39.5 Å². The predicted octanol–water partition coefficient (Wildman–Crippen LogP) is 2.88. The molecule has 0 aliphatic heterocycles. The van der Waals surface area contributed by atoms with Crippen molar-refractivity contribution in [2.75, 3.05) is 12.4 Å². The third-order valence-electron chi connectivity index (χ3n) is 2.86. The molecule has 0 aliphatic rings. The molecule has 102 valence electrons. The van der Waals surface area contributed by atoms with Gasteiger partial charge >= 0.3 is 0 Å². The molecule has 1 aromatic heterocycles. The molecule has 0 fully saturated rings. The van der Waals surface area contributed by atoms with Gasteiger partial charge in [0.25, 0.3) is 5.91 Å². The van der Waals surface area contributed by atoms with Crippen LogP contribution in [0.5, 0.6) is 0 Å². The average molecular weight is 290 g/mol. The normalized spacial score (nSPS) is 12.4. The Morgan fingerprint density at radius 3 is 2.83 bits per heavy atom. The minimum absolute atomic E-state index is 0.0578. The Bertz CT molecular complexity index is 364. The van der Waals surface area contributed by atoms with Gasteiger partial charge in [0.15, 0.2) is 0 Å². The summed E-state index contributed by atoms with van der Waals surface area (Å²) in [7, 11) is 0. The second kappa shape index (κ2) is 8.43. The number of halogens is 1. The van der Waals surface area contributed by atoms with Crippen LogP contribution in [0.4, 0.5) is 0 Å². The van der Waals surface area contributed by atoms with Gasteiger partial charge in [-0.3, -0.25) is 4.79 Å². The van der Waals surface area contributed by atoms with Crippen LogP contribution in [-0.2, 0) is 6.42 Å². The van der Waals surface area contributed by atoms with Gasteiger partial charge < -0.3 is 5.32 Å². The van der Waals surface area contributed by atoms with E-state index in [0.717, 1.165) is 42.9 Å². The van der Waals surface area contributed by atoms with E-state index in [0.29, 0.717) is 23.2 Å². The fourth-order valence-corrected chi connectivity index (χ4v) is 2.82. The van der Waals surface area contributed by atoms with Gasteiger partial charge in [-0.05, 0) is 36.7 Å². The molecule has 0 radical (unpaired) electrons. The van der Waals surface area contributed by atoms with Crippen LogP contribution in [0.1, 0.15) is 48.5 Å². The summed E-state index contributed by atoms with van der Waals surface area (Å²) in [6, 6.07) is 0. The van der Waals surface area contributed by atoms with Crippen LogP contribution in [0.15, 0.2) is 0 Å². The van der Waals surface area contributed by atoms with Gasteiger partial charge in [-0.25, -0.2) is 0 Å². The maximum atomic E-state index is 12.0. The minimum Gasteiger partial charge on any atom is -0.351 e. The highest BCUT2D eigenvalue weighted by molar-refractivity contribution is 7.08. The van der Waals surface area contributed by atoms with Crippen LogP contribution >= 0.6 is 23.1 Å². The number of aromatic nitrogens is 2. The zero-order chi connectivity index (χ0) is 13.4. The van der Waals surface area contributed by atoms with E-state index in [-0.39, 0.29) is 5.91 Å². The summed E-state index contributed by atoms with van der Waals surface area (Å²) in [4.78, 5) is 12.6. The Morgan fingerprint density at radius 2 is 2.22 bits per heavy atom. The molecular formula is C12H20ClN3OS. The first-order valence-electron chi connectivity index (χ1n) is 6.38. The third-order valence-corrected chi connectivity index (χ3v) is 3.85. The molecule has 0 aliphatic carbocycles. The molecule has 18 heavy (non-hydrogen) atoms. The summed E-state index contributed by atoms with van der Waals surface area (Å²) in [6.45, 7) is 4.80. The van der Waals surface area contributed by atoms with E-state index < -0.39 is 0 Å². The number of rotatable bonds is 8. The summed E-state index contributed by atoms with van der Waals surface area (Å²) >= 11 is 6.93. The third kappa shape index (κ3) is 4.53. The average Bonchev–Trinajstić information content (AvgIpc) is 2.84. The predicted molar refractivity (Wildman–Crippen MR) is 75.4 cm³/mol. The summed E-state index contributed by atoms with van der Waals surface area (Å²) in [5.74, 6) is 1.04. The molecule has 1 atom stereocenters. The minimum atomic E-state index is -0.0578. The number of hydrogen-bond acceptors (Lipinski definition) is 4. The first kappa shape index (κ1) is 15.4. The quantitative estimate of drug-likeness (QED) is 0.749. The zero-order valence-electron chi connectivity index (χ0n) is 10.9. The van der Waals surface area contributed by atoms with Crippen LogP contribution in [0.25, 0.3) is 0 Å². The van der Waals surface area contributed by atoms with Crippen LogP contribution < -0.4 is 5.32 Å². The van der Waals surface area contributed by atoms with Crippen LogP contribution in [-0.4, -0.2) is 27.9 Å². The van der Waals surface area contributed by atoms with Gasteiger partial charge in [0, 0.05) is 12.4 Å². The molecule has 1 heterocycles. The van der Waals surface area contributed by atoms with Crippen LogP contribution in [0.3, 0.4) is 0 Å². The molecule has 0 saturated carbocycles. The molecule has 1 rings (SSSR count). The van der Waals surface area contributed by atoms with E-state index in [4.69, 9.17) is 11.6 Å². The van der Waals surface area contributed by atoms with E-state index in [2.05, 4.69) is 21.8 Å².